The highest BCUT2D eigenvalue weighted by Gasteiger charge is 2.15. The minimum atomic E-state index is 0.143. The third-order valence-corrected chi connectivity index (χ3v) is 4.57. The first kappa shape index (κ1) is 14.5. The molecule has 0 spiro atoms. The van der Waals surface area contributed by atoms with Gasteiger partial charge < -0.3 is 10.6 Å². The van der Waals surface area contributed by atoms with Crippen molar-refractivity contribution in [3.8, 4) is 0 Å². The van der Waals surface area contributed by atoms with Gasteiger partial charge in [0.25, 0.3) is 0 Å². The smallest absolute Gasteiger partial charge is 0.234 e. The summed E-state index contributed by atoms with van der Waals surface area (Å²) in [6.45, 7) is 2.57. The molecule has 1 aliphatic carbocycles. The molecular weight excluding hydrogens is 256 g/mol. The summed E-state index contributed by atoms with van der Waals surface area (Å²) in [4.78, 5) is 13.2. The van der Waals surface area contributed by atoms with Crippen LogP contribution in [0.3, 0.4) is 0 Å². The van der Waals surface area contributed by atoms with Gasteiger partial charge in [-0.25, -0.2) is 0 Å². The van der Waals surface area contributed by atoms with Crippen molar-refractivity contribution < 1.29 is 4.79 Å². The minimum Gasteiger partial charge on any atom is -0.352 e. The summed E-state index contributed by atoms with van der Waals surface area (Å²) in [5.41, 5.74) is 0. The lowest BCUT2D eigenvalue weighted by Crippen LogP contribution is -2.43. The number of carbonyl (C=O) groups excluding carboxylic acids is 1. The summed E-state index contributed by atoms with van der Waals surface area (Å²) in [7, 11) is 0. The SMILES string of the molecule is CC(Cc1cccs1)NCC(=O)NC1CCCCC1. The Bertz CT molecular complexity index is 372. The van der Waals surface area contributed by atoms with E-state index in [1.807, 2.05) is 0 Å². The van der Waals surface area contributed by atoms with Crippen molar-refractivity contribution in [3.05, 3.63) is 22.4 Å². The molecule has 1 aliphatic rings. The van der Waals surface area contributed by atoms with Crippen LogP contribution in [0.1, 0.15) is 43.9 Å². The number of thiophene rings is 1. The van der Waals surface area contributed by atoms with Crippen LogP contribution in [0, 0.1) is 0 Å². The van der Waals surface area contributed by atoms with Crippen molar-refractivity contribution >= 4 is 17.2 Å². The topological polar surface area (TPSA) is 41.1 Å². The van der Waals surface area contributed by atoms with Crippen molar-refractivity contribution in [2.45, 2.75) is 57.5 Å². The van der Waals surface area contributed by atoms with Gasteiger partial charge >= 0.3 is 0 Å². The Morgan fingerprint density at radius 2 is 2.21 bits per heavy atom. The summed E-state index contributed by atoms with van der Waals surface area (Å²) < 4.78 is 0. The Morgan fingerprint density at radius 3 is 2.89 bits per heavy atom. The Hall–Kier alpha value is -0.870. The van der Waals surface area contributed by atoms with Crippen LogP contribution in [0.25, 0.3) is 0 Å². The van der Waals surface area contributed by atoms with E-state index in [2.05, 4.69) is 35.1 Å². The van der Waals surface area contributed by atoms with Crippen molar-refractivity contribution in [3.63, 3.8) is 0 Å². The van der Waals surface area contributed by atoms with E-state index in [-0.39, 0.29) is 5.91 Å². The lowest BCUT2D eigenvalue weighted by atomic mass is 9.95. The normalized spacial score (nSPS) is 18.2. The van der Waals surface area contributed by atoms with E-state index in [1.54, 1.807) is 11.3 Å². The fourth-order valence-electron chi connectivity index (χ4n) is 2.60. The van der Waals surface area contributed by atoms with E-state index in [0.717, 1.165) is 19.3 Å². The Labute approximate surface area is 119 Å². The predicted octanol–water partition coefficient (Wildman–Crippen LogP) is 2.72. The highest BCUT2D eigenvalue weighted by Crippen LogP contribution is 2.17. The van der Waals surface area contributed by atoms with Crippen LogP contribution in [0.15, 0.2) is 17.5 Å². The molecule has 0 aromatic carbocycles. The maximum absolute atomic E-state index is 11.8. The van der Waals surface area contributed by atoms with Crippen molar-refractivity contribution in [1.29, 1.82) is 0 Å². The molecule has 1 atom stereocenters. The van der Waals surface area contributed by atoms with E-state index in [0.29, 0.717) is 18.6 Å². The van der Waals surface area contributed by atoms with E-state index >= 15 is 0 Å². The lowest BCUT2D eigenvalue weighted by molar-refractivity contribution is -0.121. The maximum Gasteiger partial charge on any atom is 0.234 e. The number of nitrogens with one attached hydrogen (secondary N) is 2. The van der Waals surface area contributed by atoms with Gasteiger partial charge in [-0.05, 0) is 37.6 Å². The van der Waals surface area contributed by atoms with Gasteiger partial charge in [0.2, 0.25) is 5.91 Å². The third-order valence-electron chi connectivity index (χ3n) is 3.67. The van der Waals surface area contributed by atoms with Gasteiger partial charge in [-0.1, -0.05) is 25.3 Å². The van der Waals surface area contributed by atoms with Crippen LogP contribution in [-0.4, -0.2) is 24.5 Å². The Morgan fingerprint density at radius 1 is 1.42 bits per heavy atom. The molecule has 1 aromatic rings. The van der Waals surface area contributed by atoms with E-state index in [1.165, 1.54) is 24.1 Å². The Kier molecular flexibility index (Phi) is 5.86. The molecule has 0 radical (unpaired) electrons. The van der Waals surface area contributed by atoms with Crippen LogP contribution in [0.4, 0.5) is 0 Å². The van der Waals surface area contributed by atoms with Gasteiger partial charge in [0.15, 0.2) is 0 Å². The summed E-state index contributed by atoms with van der Waals surface area (Å²) in [6, 6.07) is 4.97. The average molecular weight is 280 g/mol. The van der Waals surface area contributed by atoms with E-state index in [9.17, 15) is 4.79 Å². The molecule has 2 N–H and O–H groups in total. The zero-order valence-electron chi connectivity index (χ0n) is 11.7. The van der Waals surface area contributed by atoms with Crippen LogP contribution in [0.2, 0.25) is 0 Å². The number of amides is 1. The quantitative estimate of drug-likeness (QED) is 0.841. The van der Waals surface area contributed by atoms with Crippen LogP contribution in [-0.2, 0) is 11.2 Å². The molecule has 1 unspecified atom stereocenters. The largest absolute Gasteiger partial charge is 0.352 e. The molecule has 19 heavy (non-hydrogen) atoms. The lowest BCUT2D eigenvalue weighted by Gasteiger charge is -2.23. The van der Waals surface area contributed by atoms with Crippen LogP contribution >= 0.6 is 11.3 Å². The highest BCUT2D eigenvalue weighted by atomic mass is 32.1. The van der Waals surface area contributed by atoms with Gasteiger partial charge in [0.1, 0.15) is 0 Å². The number of hydrogen-bond donors (Lipinski definition) is 2. The minimum absolute atomic E-state index is 0.143. The molecular formula is C15H24N2OS. The molecule has 1 amide bonds. The first-order chi connectivity index (χ1) is 9.24. The molecule has 0 saturated heterocycles. The predicted molar refractivity (Wildman–Crippen MR) is 80.5 cm³/mol. The second-order valence-corrected chi connectivity index (χ2v) is 6.50. The molecule has 106 valence electrons. The summed E-state index contributed by atoms with van der Waals surface area (Å²) in [5.74, 6) is 0.143. The van der Waals surface area contributed by atoms with Crippen molar-refractivity contribution in [2.75, 3.05) is 6.54 Å². The van der Waals surface area contributed by atoms with Gasteiger partial charge in [-0.3, -0.25) is 4.79 Å². The molecule has 4 heteroatoms. The van der Waals surface area contributed by atoms with Gasteiger partial charge in [-0.15, -0.1) is 11.3 Å². The molecule has 1 saturated carbocycles. The molecule has 1 heterocycles. The molecule has 1 aromatic heterocycles. The second-order valence-electron chi connectivity index (χ2n) is 5.47. The summed E-state index contributed by atoms with van der Waals surface area (Å²) in [6.07, 6.45) is 7.13. The first-order valence-corrected chi connectivity index (χ1v) is 8.17. The zero-order valence-corrected chi connectivity index (χ0v) is 12.5. The van der Waals surface area contributed by atoms with Gasteiger partial charge in [-0.2, -0.15) is 0 Å². The van der Waals surface area contributed by atoms with E-state index in [4.69, 9.17) is 0 Å². The fourth-order valence-corrected chi connectivity index (χ4v) is 3.43. The third kappa shape index (κ3) is 5.33. The van der Waals surface area contributed by atoms with Crippen molar-refractivity contribution in [1.82, 2.24) is 10.6 Å². The monoisotopic (exact) mass is 280 g/mol. The summed E-state index contributed by atoms with van der Waals surface area (Å²) >= 11 is 1.77. The maximum atomic E-state index is 11.8. The number of rotatable bonds is 6. The first-order valence-electron chi connectivity index (χ1n) is 7.29. The highest BCUT2D eigenvalue weighted by molar-refractivity contribution is 7.09. The number of hydrogen-bond acceptors (Lipinski definition) is 3. The number of carbonyl (C=O) groups is 1. The summed E-state index contributed by atoms with van der Waals surface area (Å²) in [5, 5.41) is 8.53. The van der Waals surface area contributed by atoms with Gasteiger partial charge in [0, 0.05) is 17.0 Å². The van der Waals surface area contributed by atoms with Gasteiger partial charge in [0.05, 0.1) is 6.54 Å². The molecule has 0 bridgehead atoms. The van der Waals surface area contributed by atoms with Crippen LogP contribution < -0.4 is 10.6 Å². The van der Waals surface area contributed by atoms with Crippen molar-refractivity contribution in [2.24, 2.45) is 0 Å². The standard InChI is InChI=1S/C15H24N2OS/c1-12(10-14-8-5-9-19-14)16-11-15(18)17-13-6-3-2-4-7-13/h5,8-9,12-13,16H,2-4,6-7,10-11H2,1H3,(H,17,18). The van der Waals surface area contributed by atoms with E-state index < -0.39 is 0 Å². The average Bonchev–Trinajstić information content (AvgIpc) is 2.90. The molecule has 1 fully saturated rings. The zero-order chi connectivity index (χ0) is 13.5. The second kappa shape index (κ2) is 7.65. The molecule has 0 aliphatic heterocycles. The molecule has 3 nitrogen and oxygen atoms in total. The molecule has 2 rings (SSSR count). The fraction of sp³-hybridized carbons (Fsp3) is 0.667. The Balaban J connectivity index is 1.62. The van der Waals surface area contributed by atoms with Crippen LogP contribution in [0.5, 0.6) is 0 Å².